The van der Waals surface area contributed by atoms with Gasteiger partial charge in [-0.1, -0.05) is 0 Å². The lowest BCUT2D eigenvalue weighted by molar-refractivity contribution is -0.428. The van der Waals surface area contributed by atoms with Crippen molar-refractivity contribution in [1.29, 1.82) is 0 Å². The van der Waals surface area contributed by atoms with E-state index < -0.39 is 11.7 Å². The van der Waals surface area contributed by atoms with Crippen LogP contribution < -0.4 is 0 Å². The van der Waals surface area contributed by atoms with E-state index in [9.17, 15) is 13.2 Å². The number of rotatable bonds is 1. The smallest absolute Gasteiger partial charge is 0.219 e. The van der Waals surface area contributed by atoms with Crippen molar-refractivity contribution >= 4 is 17.6 Å². The SMILES string of the molecule is CC1=NC[N+](c2cc(C)cc(C(F)(F)F)c2)=C1. The normalized spacial score (nSPS) is 15.8. The van der Waals surface area contributed by atoms with Crippen LogP contribution in [-0.2, 0) is 6.18 Å². The van der Waals surface area contributed by atoms with E-state index in [1.807, 2.05) is 6.92 Å². The molecule has 2 nitrogen and oxygen atoms in total. The fourth-order valence-electron chi connectivity index (χ4n) is 1.74. The van der Waals surface area contributed by atoms with Crippen LogP contribution in [-0.4, -0.2) is 23.2 Å². The predicted octanol–water partition coefficient (Wildman–Crippen LogP) is 3.16. The van der Waals surface area contributed by atoms with Crippen LogP contribution in [0.1, 0.15) is 18.1 Å². The maximum atomic E-state index is 12.7. The Kier molecular flexibility index (Phi) is 2.77. The number of hydrogen-bond donors (Lipinski definition) is 0. The van der Waals surface area contributed by atoms with Crippen LogP contribution in [0, 0.1) is 6.92 Å². The Bertz CT molecular complexity index is 513. The fraction of sp³-hybridized carbons (Fsp3) is 0.333. The molecule has 1 aromatic rings. The van der Waals surface area contributed by atoms with Gasteiger partial charge in [0.05, 0.1) is 5.56 Å². The van der Waals surface area contributed by atoms with Gasteiger partial charge in [-0.2, -0.15) is 17.7 Å². The minimum Gasteiger partial charge on any atom is -0.219 e. The standard InChI is InChI=1S/C12H12F3N2/c1-8-3-10(12(13,14)15)5-11(4-8)17-6-9(2)16-7-17/h3-6H,7H2,1-2H3/q+1. The lowest BCUT2D eigenvalue weighted by Gasteiger charge is -2.08. The molecule has 1 aromatic carbocycles. The minimum absolute atomic E-state index is 0.382. The molecule has 1 heterocycles. The van der Waals surface area contributed by atoms with Gasteiger partial charge in [-0.25, -0.2) is 4.99 Å². The molecule has 1 aliphatic rings. The lowest BCUT2D eigenvalue weighted by atomic mass is 10.1. The highest BCUT2D eigenvalue weighted by atomic mass is 19.4. The molecule has 0 saturated heterocycles. The number of alkyl halides is 3. The summed E-state index contributed by atoms with van der Waals surface area (Å²) in [5.74, 6) is 0. The molecule has 2 rings (SSSR count). The van der Waals surface area contributed by atoms with Gasteiger partial charge < -0.3 is 0 Å². The fourth-order valence-corrected chi connectivity index (χ4v) is 1.74. The zero-order chi connectivity index (χ0) is 12.6. The Morgan fingerprint density at radius 3 is 2.41 bits per heavy atom. The largest absolute Gasteiger partial charge is 0.416 e. The summed E-state index contributed by atoms with van der Waals surface area (Å²) in [5.41, 5.74) is 1.32. The summed E-state index contributed by atoms with van der Waals surface area (Å²) in [5, 5.41) is 0. The van der Waals surface area contributed by atoms with Crippen molar-refractivity contribution in [2.75, 3.05) is 6.67 Å². The van der Waals surface area contributed by atoms with E-state index in [0.717, 1.165) is 17.8 Å². The zero-order valence-electron chi connectivity index (χ0n) is 9.54. The Labute approximate surface area is 97.1 Å². The van der Waals surface area contributed by atoms with Crippen molar-refractivity contribution in [1.82, 2.24) is 0 Å². The number of aryl methyl sites for hydroxylation is 1. The quantitative estimate of drug-likeness (QED) is 0.671. The summed E-state index contributed by atoms with van der Waals surface area (Å²) in [6.45, 7) is 3.86. The van der Waals surface area contributed by atoms with Gasteiger partial charge in [0.25, 0.3) is 0 Å². The van der Waals surface area contributed by atoms with E-state index >= 15 is 0 Å². The molecule has 0 unspecified atom stereocenters. The number of nitrogens with zero attached hydrogens (tertiary/aromatic N) is 2. The molecular weight excluding hydrogens is 229 g/mol. The van der Waals surface area contributed by atoms with Gasteiger partial charge >= 0.3 is 6.18 Å². The predicted molar refractivity (Wildman–Crippen MR) is 60.1 cm³/mol. The van der Waals surface area contributed by atoms with Crippen molar-refractivity contribution in [2.45, 2.75) is 20.0 Å². The van der Waals surface area contributed by atoms with Crippen LogP contribution in [0.4, 0.5) is 18.9 Å². The Balaban J connectivity index is 2.43. The van der Waals surface area contributed by atoms with Gasteiger partial charge in [0, 0.05) is 12.1 Å². The van der Waals surface area contributed by atoms with Crippen LogP contribution in [0.3, 0.4) is 0 Å². The first-order valence-electron chi connectivity index (χ1n) is 5.18. The second kappa shape index (κ2) is 3.98. The molecule has 0 aliphatic carbocycles. The molecule has 0 saturated carbocycles. The van der Waals surface area contributed by atoms with Gasteiger partial charge in [0.1, 0.15) is 5.71 Å². The Hall–Kier alpha value is -1.65. The molecule has 0 radical (unpaired) electrons. The molecule has 0 amide bonds. The summed E-state index contributed by atoms with van der Waals surface area (Å²) in [6, 6.07) is 4.02. The maximum Gasteiger partial charge on any atom is 0.416 e. The molecular formula is C12H12F3N2+. The highest BCUT2D eigenvalue weighted by Gasteiger charge is 2.32. The Morgan fingerprint density at radius 1 is 1.18 bits per heavy atom. The van der Waals surface area contributed by atoms with Gasteiger partial charge in [-0.3, -0.25) is 0 Å². The van der Waals surface area contributed by atoms with Crippen molar-refractivity contribution in [3.05, 3.63) is 29.3 Å². The second-order valence-electron chi connectivity index (χ2n) is 4.09. The molecule has 90 valence electrons. The van der Waals surface area contributed by atoms with E-state index in [4.69, 9.17) is 0 Å². The van der Waals surface area contributed by atoms with Crippen molar-refractivity contribution in [3.63, 3.8) is 0 Å². The summed E-state index contributed by atoms with van der Waals surface area (Å²) >= 11 is 0. The van der Waals surface area contributed by atoms with E-state index in [1.165, 1.54) is 0 Å². The van der Waals surface area contributed by atoms with E-state index in [0.29, 0.717) is 17.9 Å². The highest BCUT2D eigenvalue weighted by Crippen LogP contribution is 2.32. The topological polar surface area (TPSA) is 15.4 Å². The highest BCUT2D eigenvalue weighted by molar-refractivity contribution is 6.28. The average molecular weight is 241 g/mol. The second-order valence-corrected chi connectivity index (χ2v) is 4.09. The number of aliphatic imine (C=N–C) groups is 1. The molecule has 17 heavy (non-hydrogen) atoms. The summed E-state index contributed by atoms with van der Waals surface area (Å²) in [4.78, 5) is 4.12. The van der Waals surface area contributed by atoms with E-state index in [1.54, 1.807) is 23.8 Å². The van der Waals surface area contributed by atoms with Gasteiger partial charge in [0.15, 0.2) is 6.21 Å². The minimum atomic E-state index is -4.31. The molecule has 5 heteroatoms. The molecule has 0 bridgehead atoms. The molecule has 0 spiro atoms. The zero-order valence-corrected chi connectivity index (χ0v) is 9.54. The molecule has 0 atom stereocenters. The number of halogens is 3. The van der Waals surface area contributed by atoms with Crippen LogP contribution >= 0.6 is 0 Å². The Morgan fingerprint density at radius 2 is 1.88 bits per heavy atom. The van der Waals surface area contributed by atoms with E-state index in [-0.39, 0.29) is 0 Å². The monoisotopic (exact) mass is 241 g/mol. The van der Waals surface area contributed by atoms with E-state index in [2.05, 4.69) is 4.99 Å². The van der Waals surface area contributed by atoms with Crippen LogP contribution in [0.15, 0.2) is 23.2 Å². The maximum absolute atomic E-state index is 12.7. The third kappa shape index (κ3) is 2.54. The first-order valence-corrected chi connectivity index (χ1v) is 5.18. The van der Waals surface area contributed by atoms with Crippen molar-refractivity contribution in [2.24, 2.45) is 4.99 Å². The van der Waals surface area contributed by atoms with Crippen LogP contribution in [0.25, 0.3) is 0 Å². The molecule has 1 aliphatic heterocycles. The number of hydrogen-bond acceptors (Lipinski definition) is 1. The van der Waals surface area contributed by atoms with Crippen LogP contribution in [0.5, 0.6) is 0 Å². The van der Waals surface area contributed by atoms with Crippen molar-refractivity contribution in [3.8, 4) is 0 Å². The van der Waals surface area contributed by atoms with Crippen molar-refractivity contribution < 1.29 is 17.7 Å². The third-order valence-electron chi connectivity index (χ3n) is 2.54. The molecule has 0 fully saturated rings. The average Bonchev–Trinajstić information content (AvgIpc) is 2.62. The van der Waals surface area contributed by atoms with Gasteiger partial charge in [-0.05, 0) is 25.5 Å². The summed E-state index contributed by atoms with van der Waals surface area (Å²) in [6.07, 6.45) is -2.56. The van der Waals surface area contributed by atoms with Gasteiger partial charge in [-0.15, -0.1) is 0 Å². The first-order chi connectivity index (χ1) is 7.86. The first kappa shape index (κ1) is 11.8. The molecule has 0 N–H and O–H groups in total. The van der Waals surface area contributed by atoms with Crippen LogP contribution in [0.2, 0.25) is 0 Å². The lowest BCUT2D eigenvalue weighted by Crippen LogP contribution is -2.08. The summed E-state index contributed by atoms with van der Waals surface area (Å²) < 4.78 is 39.7. The third-order valence-corrected chi connectivity index (χ3v) is 2.54. The number of benzene rings is 1. The summed E-state index contributed by atoms with van der Waals surface area (Å²) in [7, 11) is 0. The molecule has 0 aromatic heterocycles. The van der Waals surface area contributed by atoms with Gasteiger partial charge in [0.2, 0.25) is 12.4 Å².